The highest BCUT2D eigenvalue weighted by Gasteiger charge is 2.43. The molecule has 2 fully saturated rings. The van der Waals surface area contributed by atoms with Crippen LogP contribution in [0.25, 0.3) is 0 Å². The zero-order valence-electron chi connectivity index (χ0n) is 34.2. The molecule has 0 atom stereocenters. The van der Waals surface area contributed by atoms with Gasteiger partial charge in [0.05, 0.1) is 0 Å². The lowest BCUT2D eigenvalue weighted by Gasteiger charge is -2.31. The van der Waals surface area contributed by atoms with Crippen molar-refractivity contribution in [3.05, 3.63) is 47.6 Å². The van der Waals surface area contributed by atoms with Gasteiger partial charge in [0.25, 0.3) is 0 Å². The highest BCUT2D eigenvalue weighted by molar-refractivity contribution is 5.98. The van der Waals surface area contributed by atoms with E-state index in [1.54, 1.807) is 83.1 Å². The van der Waals surface area contributed by atoms with Gasteiger partial charge in [-0.1, -0.05) is 35.5 Å². The second kappa shape index (κ2) is 16.4. The maximum absolute atomic E-state index is 13.1. The first kappa shape index (κ1) is 42.1. The third-order valence-corrected chi connectivity index (χ3v) is 8.18. The Bertz CT molecular complexity index is 1440. The highest BCUT2D eigenvalue weighted by Crippen LogP contribution is 2.27. The van der Waals surface area contributed by atoms with E-state index in [4.69, 9.17) is 28.9 Å². The van der Waals surface area contributed by atoms with E-state index in [9.17, 15) is 19.2 Å². The molecule has 0 radical (unpaired) electrons. The van der Waals surface area contributed by atoms with E-state index in [2.05, 4.69) is 12.2 Å². The van der Waals surface area contributed by atoms with Crippen LogP contribution in [-0.2, 0) is 18.9 Å². The van der Waals surface area contributed by atoms with E-state index in [0.717, 1.165) is 35.4 Å². The van der Waals surface area contributed by atoms with Crippen LogP contribution in [0.5, 0.6) is 0 Å². The van der Waals surface area contributed by atoms with E-state index in [0.29, 0.717) is 12.8 Å². The molecule has 2 heterocycles. The Hall–Kier alpha value is -4.62. The number of carbonyl (C=O) groups excluding carboxylic acids is 4. The van der Waals surface area contributed by atoms with Gasteiger partial charge in [0.1, 0.15) is 22.4 Å². The van der Waals surface area contributed by atoms with Crippen LogP contribution in [0, 0.1) is 0 Å². The summed E-state index contributed by atoms with van der Waals surface area (Å²) in [4.78, 5) is 67.9. The fraction of sp³-hybridized carbons (Fsp3) is 0.650. The minimum Gasteiger partial charge on any atom is -0.444 e. The van der Waals surface area contributed by atoms with Crippen LogP contribution >= 0.6 is 0 Å². The largest absolute Gasteiger partial charge is 0.444 e. The molecule has 2 aliphatic heterocycles. The summed E-state index contributed by atoms with van der Waals surface area (Å²) in [6, 6.07) is 0. The van der Waals surface area contributed by atoms with Crippen molar-refractivity contribution in [3.8, 4) is 0 Å². The fourth-order valence-corrected chi connectivity index (χ4v) is 5.83. The van der Waals surface area contributed by atoms with Crippen LogP contribution in [0.3, 0.4) is 0 Å². The average Bonchev–Trinajstić information content (AvgIpc) is 3.63. The lowest BCUT2D eigenvalue weighted by atomic mass is 9.96. The van der Waals surface area contributed by atoms with Crippen LogP contribution < -0.4 is 0 Å². The maximum atomic E-state index is 13.1. The number of amides is 4. The van der Waals surface area contributed by atoms with Gasteiger partial charge in [-0.2, -0.15) is 0 Å². The fourth-order valence-electron chi connectivity index (χ4n) is 5.83. The third kappa shape index (κ3) is 12.5. The van der Waals surface area contributed by atoms with Gasteiger partial charge in [0, 0.05) is 50.4 Å². The predicted molar refractivity (Wildman–Crippen MR) is 207 cm³/mol. The van der Waals surface area contributed by atoms with Crippen LogP contribution in [0.15, 0.2) is 57.6 Å². The van der Waals surface area contributed by atoms with Gasteiger partial charge in [-0.15, -0.1) is 0 Å². The Labute approximate surface area is 320 Å². The number of ether oxygens (including phenoxy) is 4. The molecule has 4 amide bonds. The second-order valence-electron chi connectivity index (χ2n) is 17.8. The molecule has 0 N–H and O–H groups in total. The first-order chi connectivity index (χ1) is 24.9. The summed E-state index contributed by atoms with van der Waals surface area (Å²) >= 11 is 0. The predicted octanol–water partition coefficient (Wildman–Crippen LogP) is 7.96. The minimum absolute atomic E-state index is 0.278. The molecule has 0 aromatic rings. The summed E-state index contributed by atoms with van der Waals surface area (Å²) in [6.45, 7) is 22.7. The maximum Gasteiger partial charge on any atom is 0.413 e. The van der Waals surface area contributed by atoms with Crippen molar-refractivity contribution in [1.82, 2.24) is 19.6 Å². The molecule has 0 aromatic heterocycles. The first-order valence-corrected chi connectivity index (χ1v) is 18.7. The quantitative estimate of drug-likeness (QED) is 0.258. The van der Waals surface area contributed by atoms with Crippen molar-refractivity contribution in [3.63, 3.8) is 0 Å². The number of rotatable bonds is 5. The summed E-state index contributed by atoms with van der Waals surface area (Å²) in [5, 5.41) is 0. The summed E-state index contributed by atoms with van der Waals surface area (Å²) < 4.78 is 22.5. The van der Waals surface area contributed by atoms with Crippen LogP contribution in [-0.4, -0.2) is 117 Å². The molecular formula is C40H60N6O8. The van der Waals surface area contributed by atoms with Gasteiger partial charge in [0.15, 0.2) is 0 Å². The molecule has 4 rings (SSSR count). The number of aliphatic imine (C=N–C) groups is 2. The highest BCUT2D eigenvalue weighted by atomic mass is 16.6. The van der Waals surface area contributed by atoms with Crippen molar-refractivity contribution < 1.29 is 38.1 Å². The van der Waals surface area contributed by atoms with E-state index in [-0.39, 0.29) is 26.2 Å². The summed E-state index contributed by atoms with van der Waals surface area (Å²) in [6.07, 6.45) is 10.9. The van der Waals surface area contributed by atoms with Gasteiger partial charge in [-0.3, -0.25) is 19.6 Å². The Morgan fingerprint density at radius 2 is 0.759 bits per heavy atom. The molecular weight excluding hydrogens is 692 g/mol. The van der Waals surface area contributed by atoms with Gasteiger partial charge >= 0.3 is 24.4 Å². The Morgan fingerprint density at radius 3 is 0.963 bits per heavy atom. The molecule has 14 heteroatoms. The molecule has 0 unspecified atom stereocenters. The van der Waals surface area contributed by atoms with E-state index < -0.39 is 59.4 Å². The molecule has 0 aromatic carbocycles. The van der Waals surface area contributed by atoms with Gasteiger partial charge in [-0.05, 0) is 108 Å². The Morgan fingerprint density at radius 1 is 0.500 bits per heavy atom. The molecule has 2 aliphatic carbocycles. The summed E-state index contributed by atoms with van der Waals surface area (Å²) in [5.74, 6) is 0. The van der Waals surface area contributed by atoms with Crippen LogP contribution in [0.2, 0.25) is 0 Å². The zero-order chi connectivity index (χ0) is 40.2. The lowest BCUT2D eigenvalue weighted by molar-refractivity contribution is -0.000132. The summed E-state index contributed by atoms with van der Waals surface area (Å²) in [5.41, 5.74) is 0.969. The molecule has 0 spiro atoms. The number of allylic oxidation sites excluding steroid dienone is 8. The monoisotopic (exact) mass is 752 g/mol. The van der Waals surface area contributed by atoms with Crippen molar-refractivity contribution in [2.24, 2.45) is 9.98 Å². The number of hydrogen-bond acceptors (Lipinski definition) is 10. The molecule has 4 aliphatic rings. The normalized spacial score (nSPS) is 20.4. The van der Waals surface area contributed by atoms with Crippen molar-refractivity contribution in [1.29, 1.82) is 0 Å². The van der Waals surface area contributed by atoms with Crippen molar-refractivity contribution >= 4 is 35.8 Å². The molecule has 54 heavy (non-hydrogen) atoms. The number of nitrogens with zero attached hydrogens (tertiary/aromatic N) is 6. The summed E-state index contributed by atoms with van der Waals surface area (Å²) in [7, 11) is 0. The van der Waals surface area contributed by atoms with Crippen molar-refractivity contribution in [2.75, 3.05) is 26.2 Å². The smallest absolute Gasteiger partial charge is 0.413 e. The molecule has 14 nitrogen and oxygen atoms in total. The lowest BCUT2D eigenvalue weighted by Crippen LogP contribution is -2.46. The van der Waals surface area contributed by atoms with Gasteiger partial charge in [0.2, 0.25) is 12.6 Å². The molecule has 0 saturated carbocycles. The van der Waals surface area contributed by atoms with E-state index in [1.165, 1.54) is 19.6 Å². The van der Waals surface area contributed by atoms with E-state index in [1.807, 2.05) is 24.3 Å². The standard InChI is InChI=1S/C40H60N6O8/c1-37(2,3)51-33(47)43-23-24-44(34(48)52-38(4,5)6)31(43)41-29-19-15-27(16-20-29)13-14-28-17-21-30(22-18-28)42-32-45(35(49)53-39(7,8)9)25-26-46(32)36(50)54-40(10,11)12/h15-19,21,31-32H,13-14,20,22-26H2,1-12H3. The van der Waals surface area contributed by atoms with Crippen LogP contribution in [0.4, 0.5) is 19.2 Å². The molecule has 0 bridgehead atoms. The van der Waals surface area contributed by atoms with Gasteiger partial charge < -0.3 is 18.9 Å². The molecule has 2 saturated heterocycles. The third-order valence-electron chi connectivity index (χ3n) is 8.18. The topological polar surface area (TPSA) is 143 Å². The average molecular weight is 753 g/mol. The van der Waals surface area contributed by atoms with Crippen molar-refractivity contribution in [2.45, 2.75) is 144 Å². The Balaban J connectivity index is 1.40. The number of hydrogen-bond donors (Lipinski definition) is 0. The van der Waals surface area contributed by atoms with E-state index >= 15 is 0 Å². The SMILES string of the molecule is CC(C)(C)OC(=O)N1CCN(C(=O)OC(C)(C)C)C1N=C1C=CC(CCC2=CCC(=NC3N(C(=O)OC(C)(C)C)CCN3C(=O)OC(C)(C)C)C=C2)=CC1. The zero-order valence-corrected chi connectivity index (χ0v) is 34.2. The first-order valence-electron chi connectivity index (χ1n) is 18.7. The molecule has 298 valence electrons. The van der Waals surface area contributed by atoms with Gasteiger partial charge in [-0.25, -0.2) is 29.2 Å². The number of carbonyl (C=O) groups is 4. The Kier molecular flexibility index (Phi) is 12.8. The minimum atomic E-state index is -0.880. The second-order valence-corrected chi connectivity index (χ2v) is 17.8. The van der Waals surface area contributed by atoms with Crippen LogP contribution in [0.1, 0.15) is 109 Å².